The Morgan fingerprint density at radius 3 is 2.42 bits per heavy atom. The lowest BCUT2D eigenvalue weighted by molar-refractivity contribution is 0.129. The molecule has 1 aliphatic carbocycles. The third-order valence-electron chi connectivity index (χ3n) is 4.54. The van der Waals surface area contributed by atoms with E-state index in [-0.39, 0.29) is 6.04 Å². The third-order valence-corrected chi connectivity index (χ3v) is 6.48. The summed E-state index contributed by atoms with van der Waals surface area (Å²) in [5, 5.41) is 0. The molecule has 0 radical (unpaired) electrons. The largest absolute Gasteiger partial charge is 0.243 e. The van der Waals surface area contributed by atoms with E-state index in [4.69, 9.17) is 0 Å². The van der Waals surface area contributed by atoms with E-state index in [9.17, 15) is 8.42 Å². The molecule has 1 saturated carbocycles. The first-order valence-corrected chi connectivity index (χ1v) is 8.70. The van der Waals surface area contributed by atoms with Gasteiger partial charge < -0.3 is 0 Å². The fourth-order valence-electron chi connectivity index (χ4n) is 3.61. The van der Waals surface area contributed by atoms with Gasteiger partial charge in [0.2, 0.25) is 10.0 Å². The van der Waals surface area contributed by atoms with E-state index in [1.54, 1.807) is 28.6 Å². The van der Waals surface area contributed by atoms with Gasteiger partial charge in [-0.05, 0) is 43.7 Å². The molecule has 19 heavy (non-hydrogen) atoms. The van der Waals surface area contributed by atoms with E-state index in [2.05, 4.69) is 0 Å². The standard InChI is InChI=1S/C15H21NO2S/c17-19(18,14-9-2-1-3-10-14)16-12-6-8-13-7-4-5-11-15(13)16/h1-3,9-10,13,15H,4-8,11-12H2/t13-,15-/m0/s1. The summed E-state index contributed by atoms with van der Waals surface area (Å²) in [7, 11) is -3.30. The lowest BCUT2D eigenvalue weighted by Crippen LogP contribution is -2.49. The van der Waals surface area contributed by atoms with Gasteiger partial charge in [-0.3, -0.25) is 0 Å². The zero-order chi connectivity index (χ0) is 13.3. The molecule has 0 bridgehead atoms. The average Bonchev–Trinajstić information content (AvgIpc) is 2.47. The van der Waals surface area contributed by atoms with Gasteiger partial charge in [-0.25, -0.2) is 8.42 Å². The Hall–Kier alpha value is -0.870. The van der Waals surface area contributed by atoms with Gasteiger partial charge in [0, 0.05) is 12.6 Å². The summed E-state index contributed by atoms with van der Waals surface area (Å²) in [6, 6.07) is 9.12. The summed E-state index contributed by atoms with van der Waals surface area (Å²) in [6.45, 7) is 0.693. The SMILES string of the molecule is O=S(=O)(c1ccccc1)N1CCC[C@@H]2CCCC[C@@H]21. The molecule has 0 aromatic heterocycles. The third kappa shape index (κ3) is 2.43. The number of piperidine rings is 1. The van der Waals surface area contributed by atoms with Gasteiger partial charge in [0.1, 0.15) is 0 Å². The first kappa shape index (κ1) is 13.1. The number of nitrogens with zero attached hydrogens (tertiary/aromatic N) is 1. The number of benzene rings is 1. The summed E-state index contributed by atoms with van der Waals surface area (Å²) >= 11 is 0. The van der Waals surface area contributed by atoms with E-state index in [0.717, 1.165) is 12.8 Å². The zero-order valence-electron chi connectivity index (χ0n) is 11.2. The molecule has 1 aliphatic heterocycles. The minimum atomic E-state index is -3.30. The molecule has 0 spiro atoms. The van der Waals surface area contributed by atoms with Gasteiger partial charge in [0.15, 0.2) is 0 Å². The van der Waals surface area contributed by atoms with E-state index >= 15 is 0 Å². The highest BCUT2D eigenvalue weighted by molar-refractivity contribution is 7.89. The summed E-state index contributed by atoms with van der Waals surface area (Å²) in [6.07, 6.45) is 6.88. The summed E-state index contributed by atoms with van der Waals surface area (Å²) < 4.78 is 27.3. The number of sulfonamides is 1. The Morgan fingerprint density at radius 2 is 1.63 bits per heavy atom. The van der Waals surface area contributed by atoms with Gasteiger partial charge in [0.25, 0.3) is 0 Å². The molecule has 0 amide bonds. The van der Waals surface area contributed by atoms with Crippen LogP contribution in [0.15, 0.2) is 35.2 Å². The minimum absolute atomic E-state index is 0.243. The van der Waals surface area contributed by atoms with E-state index in [1.807, 2.05) is 6.07 Å². The van der Waals surface area contributed by atoms with Crippen molar-refractivity contribution in [1.29, 1.82) is 0 Å². The van der Waals surface area contributed by atoms with Crippen LogP contribution in [0.4, 0.5) is 0 Å². The fraction of sp³-hybridized carbons (Fsp3) is 0.600. The second kappa shape index (κ2) is 5.25. The summed E-state index contributed by atoms with van der Waals surface area (Å²) in [4.78, 5) is 0.446. The fourth-order valence-corrected chi connectivity index (χ4v) is 5.38. The van der Waals surface area contributed by atoms with Crippen LogP contribution in [0.3, 0.4) is 0 Å². The Bertz CT molecular complexity index is 524. The molecule has 104 valence electrons. The van der Waals surface area contributed by atoms with E-state index in [0.29, 0.717) is 17.4 Å². The molecule has 0 unspecified atom stereocenters. The predicted octanol–water partition coefficient (Wildman–Crippen LogP) is 3.03. The molecule has 1 aromatic rings. The minimum Gasteiger partial charge on any atom is -0.207 e. The van der Waals surface area contributed by atoms with Crippen LogP contribution in [0.2, 0.25) is 0 Å². The topological polar surface area (TPSA) is 37.4 Å². The molecule has 3 rings (SSSR count). The van der Waals surface area contributed by atoms with Crippen molar-refractivity contribution >= 4 is 10.0 Å². The molecule has 2 aliphatic rings. The first-order valence-electron chi connectivity index (χ1n) is 7.26. The number of fused-ring (bicyclic) bond motifs is 1. The average molecular weight is 279 g/mol. The van der Waals surface area contributed by atoms with Crippen molar-refractivity contribution in [3.8, 4) is 0 Å². The van der Waals surface area contributed by atoms with Crippen LogP contribution in [0, 0.1) is 5.92 Å². The predicted molar refractivity (Wildman–Crippen MR) is 75.3 cm³/mol. The molecule has 3 nitrogen and oxygen atoms in total. The van der Waals surface area contributed by atoms with Crippen LogP contribution in [0.1, 0.15) is 38.5 Å². The van der Waals surface area contributed by atoms with Crippen molar-refractivity contribution in [1.82, 2.24) is 4.31 Å². The molecular formula is C15H21NO2S. The zero-order valence-corrected chi connectivity index (χ0v) is 12.0. The van der Waals surface area contributed by atoms with Crippen molar-refractivity contribution < 1.29 is 8.42 Å². The molecule has 2 fully saturated rings. The van der Waals surface area contributed by atoms with Gasteiger partial charge in [-0.1, -0.05) is 31.0 Å². The van der Waals surface area contributed by atoms with Crippen LogP contribution in [-0.4, -0.2) is 25.3 Å². The second-order valence-corrected chi connectivity index (χ2v) is 7.57. The number of hydrogen-bond acceptors (Lipinski definition) is 2. The maximum atomic E-state index is 12.8. The van der Waals surface area contributed by atoms with Crippen LogP contribution >= 0.6 is 0 Å². The highest BCUT2D eigenvalue weighted by Crippen LogP contribution is 2.37. The van der Waals surface area contributed by atoms with Gasteiger partial charge in [-0.15, -0.1) is 0 Å². The highest BCUT2D eigenvalue weighted by atomic mass is 32.2. The molecule has 1 saturated heterocycles. The van der Waals surface area contributed by atoms with Crippen molar-refractivity contribution in [2.45, 2.75) is 49.5 Å². The summed E-state index contributed by atoms with van der Waals surface area (Å²) in [5.74, 6) is 0.584. The van der Waals surface area contributed by atoms with Crippen molar-refractivity contribution in [3.05, 3.63) is 30.3 Å². The van der Waals surface area contributed by atoms with Crippen LogP contribution in [0.5, 0.6) is 0 Å². The summed E-state index contributed by atoms with van der Waals surface area (Å²) in [5.41, 5.74) is 0. The van der Waals surface area contributed by atoms with Crippen LogP contribution < -0.4 is 0 Å². The van der Waals surface area contributed by atoms with Gasteiger partial charge in [0.05, 0.1) is 4.90 Å². The van der Waals surface area contributed by atoms with Crippen LogP contribution in [0.25, 0.3) is 0 Å². The normalized spacial score (nSPS) is 28.8. The molecule has 1 heterocycles. The van der Waals surface area contributed by atoms with E-state index < -0.39 is 10.0 Å². The molecule has 2 atom stereocenters. The maximum Gasteiger partial charge on any atom is 0.243 e. The lowest BCUT2D eigenvalue weighted by Gasteiger charge is -2.43. The van der Waals surface area contributed by atoms with Gasteiger partial charge in [-0.2, -0.15) is 4.31 Å². The molecule has 4 heteroatoms. The number of hydrogen-bond donors (Lipinski definition) is 0. The second-order valence-electron chi connectivity index (χ2n) is 5.68. The Balaban J connectivity index is 1.91. The maximum absolute atomic E-state index is 12.8. The molecule has 0 N–H and O–H groups in total. The van der Waals surface area contributed by atoms with Crippen molar-refractivity contribution in [2.75, 3.05) is 6.54 Å². The van der Waals surface area contributed by atoms with Crippen molar-refractivity contribution in [2.24, 2.45) is 5.92 Å². The monoisotopic (exact) mass is 279 g/mol. The van der Waals surface area contributed by atoms with Crippen LogP contribution in [-0.2, 0) is 10.0 Å². The molecule has 1 aromatic carbocycles. The smallest absolute Gasteiger partial charge is 0.207 e. The Kier molecular flexibility index (Phi) is 3.63. The first-order chi connectivity index (χ1) is 9.19. The van der Waals surface area contributed by atoms with Gasteiger partial charge >= 0.3 is 0 Å². The Morgan fingerprint density at radius 1 is 0.947 bits per heavy atom. The molecular weight excluding hydrogens is 258 g/mol. The quantitative estimate of drug-likeness (QED) is 0.834. The van der Waals surface area contributed by atoms with E-state index in [1.165, 1.54) is 25.7 Å². The lowest BCUT2D eigenvalue weighted by atomic mass is 9.79. The highest BCUT2D eigenvalue weighted by Gasteiger charge is 2.39. The number of rotatable bonds is 2. The Labute approximate surface area is 115 Å². The van der Waals surface area contributed by atoms with Crippen molar-refractivity contribution in [3.63, 3.8) is 0 Å².